The van der Waals surface area contributed by atoms with Crippen molar-refractivity contribution >= 4 is 29.3 Å². The Morgan fingerprint density at radius 2 is 2.10 bits per heavy atom. The predicted molar refractivity (Wildman–Crippen MR) is 108 cm³/mol. The molecule has 9 nitrogen and oxygen atoms in total. The van der Waals surface area contributed by atoms with Crippen LogP contribution in [0, 0.1) is 10.1 Å². The topological polar surface area (TPSA) is 118 Å². The predicted octanol–water partition coefficient (Wildman–Crippen LogP) is 4.45. The molecule has 0 aliphatic carbocycles. The molecule has 0 amide bonds. The molecule has 154 valence electrons. The van der Waals surface area contributed by atoms with Crippen LogP contribution >= 0.6 is 11.6 Å². The van der Waals surface area contributed by atoms with Gasteiger partial charge in [0.2, 0.25) is 5.82 Å². The number of esters is 1. The van der Waals surface area contributed by atoms with Gasteiger partial charge in [-0.1, -0.05) is 35.0 Å². The SMILES string of the molecule is CCOc1ccccc1-c1noc(COC(=O)/C=C/c2ccc(Cl)c([N+](=O)[O-])c2)n1. The Bertz CT molecular complexity index is 1100. The lowest BCUT2D eigenvalue weighted by atomic mass is 10.2. The molecule has 0 saturated heterocycles. The second-order valence-electron chi connectivity index (χ2n) is 5.85. The fourth-order valence-corrected chi connectivity index (χ4v) is 2.66. The van der Waals surface area contributed by atoms with Crippen LogP contribution in [0.4, 0.5) is 5.69 Å². The van der Waals surface area contributed by atoms with E-state index in [9.17, 15) is 14.9 Å². The normalized spacial score (nSPS) is 10.9. The molecule has 0 aliphatic heterocycles. The number of carbonyl (C=O) groups excluding carboxylic acids is 1. The van der Waals surface area contributed by atoms with E-state index in [1.807, 2.05) is 19.1 Å². The summed E-state index contributed by atoms with van der Waals surface area (Å²) < 4.78 is 15.7. The average molecular weight is 430 g/mol. The summed E-state index contributed by atoms with van der Waals surface area (Å²) in [5, 5.41) is 14.8. The second-order valence-corrected chi connectivity index (χ2v) is 6.26. The Morgan fingerprint density at radius 3 is 2.87 bits per heavy atom. The van der Waals surface area contributed by atoms with Crippen molar-refractivity contribution in [1.29, 1.82) is 0 Å². The average Bonchev–Trinajstić information content (AvgIpc) is 3.21. The van der Waals surface area contributed by atoms with Gasteiger partial charge < -0.3 is 14.0 Å². The minimum atomic E-state index is -0.679. The maximum Gasteiger partial charge on any atom is 0.331 e. The molecule has 0 aliphatic rings. The molecule has 0 saturated carbocycles. The van der Waals surface area contributed by atoms with Crippen molar-refractivity contribution in [2.24, 2.45) is 0 Å². The molecule has 0 unspecified atom stereocenters. The van der Waals surface area contributed by atoms with Crippen LogP contribution in [0.5, 0.6) is 5.75 Å². The number of aromatic nitrogens is 2. The molecular formula is C20H16ClN3O6. The maximum atomic E-state index is 11.9. The van der Waals surface area contributed by atoms with Gasteiger partial charge in [-0.3, -0.25) is 10.1 Å². The third-order valence-corrected chi connectivity index (χ3v) is 4.13. The molecule has 0 bridgehead atoms. The van der Waals surface area contributed by atoms with Crippen molar-refractivity contribution in [2.45, 2.75) is 13.5 Å². The van der Waals surface area contributed by atoms with E-state index >= 15 is 0 Å². The quantitative estimate of drug-likeness (QED) is 0.223. The number of hydrogen-bond donors (Lipinski definition) is 0. The van der Waals surface area contributed by atoms with Crippen molar-refractivity contribution in [3.63, 3.8) is 0 Å². The first-order valence-corrected chi connectivity index (χ1v) is 9.19. The van der Waals surface area contributed by atoms with Crippen LogP contribution in [0.25, 0.3) is 17.5 Å². The van der Waals surface area contributed by atoms with Gasteiger partial charge in [0.05, 0.1) is 17.1 Å². The maximum absolute atomic E-state index is 11.9. The monoisotopic (exact) mass is 429 g/mol. The van der Waals surface area contributed by atoms with Crippen LogP contribution in [0.1, 0.15) is 18.4 Å². The van der Waals surface area contributed by atoms with Crippen molar-refractivity contribution in [3.05, 3.63) is 75.1 Å². The molecule has 1 aromatic heterocycles. The van der Waals surface area contributed by atoms with E-state index < -0.39 is 10.9 Å². The highest BCUT2D eigenvalue weighted by molar-refractivity contribution is 6.32. The summed E-state index contributed by atoms with van der Waals surface area (Å²) in [6.45, 7) is 2.13. The van der Waals surface area contributed by atoms with E-state index in [4.69, 9.17) is 25.6 Å². The van der Waals surface area contributed by atoms with Gasteiger partial charge in [0, 0.05) is 12.1 Å². The lowest BCUT2D eigenvalue weighted by Gasteiger charge is -2.05. The molecule has 30 heavy (non-hydrogen) atoms. The lowest BCUT2D eigenvalue weighted by Crippen LogP contribution is -2.01. The van der Waals surface area contributed by atoms with Crippen LogP contribution in [0.15, 0.2) is 53.1 Å². The van der Waals surface area contributed by atoms with Crippen LogP contribution in [-0.4, -0.2) is 27.6 Å². The molecule has 0 spiro atoms. The molecule has 2 aromatic carbocycles. The van der Waals surface area contributed by atoms with Gasteiger partial charge >= 0.3 is 5.97 Å². The summed E-state index contributed by atoms with van der Waals surface area (Å²) >= 11 is 5.76. The summed E-state index contributed by atoms with van der Waals surface area (Å²) in [6.07, 6.45) is 2.51. The standard InChI is InChI=1S/C20H16ClN3O6/c1-2-28-17-6-4-3-5-14(17)20-22-18(30-23-20)12-29-19(25)10-8-13-7-9-15(21)16(11-13)24(26)27/h3-11H,2,12H2,1H3/b10-8+. The second kappa shape index (κ2) is 9.66. The highest BCUT2D eigenvalue weighted by Gasteiger charge is 2.14. The van der Waals surface area contributed by atoms with E-state index in [0.29, 0.717) is 29.3 Å². The van der Waals surface area contributed by atoms with Gasteiger partial charge in [-0.05, 0) is 36.8 Å². The largest absolute Gasteiger partial charge is 0.493 e. The van der Waals surface area contributed by atoms with E-state index in [-0.39, 0.29) is 23.2 Å². The number of hydrogen-bond acceptors (Lipinski definition) is 8. The first kappa shape index (κ1) is 21.0. The molecule has 0 fully saturated rings. The zero-order valence-electron chi connectivity index (χ0n) is 15.8. The number of benzene rings is 2. The van der Waals surface area contributed by atoms with E-state index in [1.54, 1.807) is 18.2 Å². The molecule has 10 heteroatoms. The molecular weight excluding hydrogens is 414 g/mol. The zero-order valence-corrected chi connectivity index (χ0v) is 16.5. The summed E-state index contributed by atoms with van der Waals surface area (Å²) in [5.74, 6) is 0.362. The van der Waals surface area contributed by atoms with Crippen LogP contribution < -0.4 is 4.74 Å². The Kier molecular flexibility index (Phi) is 6.76. The fraction of sp³-hybridized carbons (Fsp3) is 0.150. The number of nitro groups is 1. The van der Waals surface area contributed by atoms with Gasteiger partial charge in [0.1, 0.15) is 10.8 Å². The highest BCUT2D eigenvalue weighted by atomic mass is 35.5. The number of rotatable bonds is 8. The third kappa shape index (κ3) is 5.21. The molecule has 0 radical (unpaired) electrons. The number of para-hydroxylation sites is 1. The van der Waals surface area contributed by atoms with Crippen LogP contribution in [-0.2, 0) is 16.1 Å². The van der Waals surface area contributed by atoms with Crippen molar-refractivity contribution in [3.8, 4) is 17.1 Å². The molecule has 3 aromatic rings. The highest BCUT2D eigenvalue weighted by Crippen LogP contribution is 2.28. The van der Waals surface area contributed by atoms with Gasteiger partial charge in [-0.25, -0.2) is 4.79 Å². The van der Waals surface area contributed by atoms with Gasteiger partial charge in [0.25, 0.3) is 11.6 Å². The Balaban J connectivity index is 1.62. The smallest absolute Gasteiger partial charge is 0.331 e. The Labute approximate surface area is 176 Å². The fourth-order valence-electron chi connectivity index (χ4n) is 2.47. The van der Waals surface area contributed by atoms with Gasteiger partial charge in [0.15, 0.2) is 6.61 Å². The molecule has 0 N–H and O–H groups in total. The molecule has 1 heterocycles. The zero-order chi connectivity index (χ0) is 21.5. The minimum absolute atomic E-state index is 0.0119. The Morgan fingerprint density at radius 1 is 1.30 bits per heavy atom. The Hall–Kier alpha value is -3.72. The number of nitro benzene ring substituents is 1. The first-order chi connectivity index (χ1) is 14.5. The summed E-state index contributed by atoms with van der Waals surface area (Å²) in [4.78, 5) is 26.4. The first-order valence-electron chi connectivity index (χ1n) is 8.81. The van der Waals surface area contributed by atoms with Crippen molar-refractivity contribution in [2.75, 3.05) is 6.61 Å². The van der Waals surface area contributed by atoms with Crippen molar-refractivity contribution < 1.29 is 23.7 Å². The summed E-state index contributed by atoms with van der Waals surface area (Å²) in [7, 11) is 0. The molecule has 3 rings (SSSR count). The van der Waals surface area contributed by atoms with E-state index in [2.05, 4.69) is 10.1 Å². The number of carbonyl (C=O) groups is 1. The van der Waals surface area contributed by atoms with E-state index in [0.717, 1.165) is 6.08 Å². The summed E-state index contributed by atoms with van der Waals surface area (Å²) in [6, 6.07) is 11.4. The number of halogens is 1. The minimum Gasteiger partial charge on any atom is -0.493 e. The van der Waals surface area contributed by atoms with Gasteiger partial charge in [-0.2, -0.15) is 4.98 Å². The number of nitrogens with zero attached hydrogens (tertiary/aromatic N) is 3. The van der Waals surface area contributed by atoms with Crippen molar-refractivity contribution in [1.82, 2.24) is 10.1 Å². The lowest BCUT2D eigenvalue weighted by molar-refractivity contribution is -0.384. The molecule has 0 atom stereocenters. The van der Waals surface area contributed by atoms with E-state index in [1.165, 1.54) is 18.2 Å². The van der Waals surface area contributed by atoms with Crippen LogP contribution in [0.3, 0.4) is 0 Å². The third-order valence-electron chi connectivity index (χ3n) is 3.81. The van der Waals surface area contributed by atoms with Crippen LogP contribution in [0.2, 0.25) is 5.02 Å². The van der Waals surface area contributed by atoms with Gasteiger partial charge in [-0.15, -0.1) is 0 Å². The number of ether oxygens (including phenoxy) is 2. The summed E-state index contributed by atoms with van der Waals surface area (Å²) in [5.41, 5.74) is 0.832.